The van der Waals surface area contributed by atoms with Gasteiger partial charge in [0.25, 0.3) is 0 Å². The Labute approximate surface area is 132 Å². The second kappa shape index (κ2) is 6.57. The van der Waals surface area contributed by atoms with Gasteiger partial charge in [-0.25, -0.2) is 0 Å². The molecular formula is C14H16O7P2. The van der Waals surface area contributed by atoms with Crippen LogP contribution in [-0.4, -0.2) is 24.7 Å². The second-order valence-corrected chi connectivity index (χ2v) is 8.88. The van der Waals surface area contributed by atoms with Crippen molar-refractivity contribution in [2.24, 2.45) is 0 Å². The minimum absolute atomic E-state index is 0.0462. The van der Waals surface area contributed by atoms with Crippen LogP contribution in [-0.2, 0) is 15.6 Å². The minimum atomic E-state index is -5.34. The summed E-state index contributed by atoms with van der Waals surface area (Å²) in [5.74, 6) is -0.0462. The predicted molar refractivity (Wildman–Crippen MR) is 84.0 cm³/mol. The lowest BCUT2D eigenvalue weighted by molar-refractivity contribution is 0.152. The van der Waals surface area contributed by atoms with E-state index in [9.17, 15) is 28.7 Å². The summed E-state index contributed by atoms with van der Waals surface area (Å²) in [5.41, 5.74) is 0.329. The van der Waals surface area contributed by atoms with Crippen LogP contribution >= 0.6 is 15.2 Å². The molecule has 0 saturated heterocycles. The average molecular weight is 358 g/mol. The quantitative estimate of drug-likeness (QED) is 0.584. The van der Waals surface area contributed by atoms with E-state index in [2.05, 4.69) is 0 Å². The number of hydrogen-bond donors (Lipinski definition) is 4. The third-order valence-electron chi connectivity index (χ3n) is 3.21. The highest BCUT2D eigenvalue weighted by atomic mass is 31.2. The molecule has 0 heterocycles. The first kappa shape index (κ1) is 17.9. The van der Waals surface area contributed by atoms with Crippen LogP contribution in [0.3, 0.4) is 0 Å². The van der Waals surface area contributed by atoms with Crippen LogP contribution < -0.4 is 4.74 Å². The van der Waals surface area contributed by atoms with Crippen molar-refractivity contribution in [3.8, 4) is 5.75 Å². The van der Waals surface area contributed by atoms with Crippen molar-refractivity contribution < 1.29 is 33.4 Å². The second-order valence-electron chi connectivity index (χ2n) is 4.91. The summed E-state index contributed by atoms with van der Waals surface area (Å²) in [6, 6.07) is 15.3. The molecule has 7 nitrogen and oxygen atoms in total. The van der Waals surface area contributed by atoms with E-state index < -0.39 is 26.7 Å². The van der Waals surface area contributed by atoms with Crippen molar-refractivity contribution in [3.05, 3.63) is 66.2 Å². The SMILES string of the molecule is O=P(O)(O)C(Cc1ccccc1)(Oc1ccccc1)P(=O)(O)O. The Balaban J connectivity index is 2.56. The van der Waals surface area contributed by atoms with Crippen molar-refractivity contribution in [1.82, 2.24) is 0 Å². The molecular weight excluding hydrogens is 342 g/mol. The number of rotatable bonds is 6. The van der Waals surface area contributed by atoms with E-state index in [-0.39, 0.29) is 5.75 Å². The van der Waals surface area contributed by atoms with Gasteiger partial charge in [-0.3, -0.25) is 9.13 Å². The maximum atomic E-state index is 12.0. The third-order valence-corrected chi connectivity index (χ3v) is 7.09. The molecule has 0 radical (unpaired) electrons. The highest BCUT2D eigenvalue weighted by Crippen LogP contribution is 2.70. The van der Waals surface area contributed by atoms with Crippen molar-refractivity contribution in [3.63, 3.8) is 0 Å². The molecule has 9 heteroatoms. The summed E-state index contributed by atoms with van der Waals surface area (Å²) in [5, 5.41) is -2.98. The van der Waals surface area contributed by atoms with Crippen LogP contribution in [0.25, 0.3) is 0 Å². The zero-order valence-electron chi connectivity index (χ0n) is 11.9. The molecule has 0 aromatic heterocycles. The zero-order chi connectivity index (χ0) is 17.1. The van der Waals surface area contributed by atoms with Gasteiger partial charge in [0.2, 0.25) is 0 Å². The molecule has 4 N–H and O–H groups in total. The number of ether oxygens (including phenoxy) is 1. The molecule has 2 aromatic rings. The molecule has 0 spiro atoms. The zero-order valence-corrected chi connectivity index (χ0v) is 13.7. The lowest BCUT2D eigenvalue weighted by Crippen LogP contribution is -2.38. The summed E-state index contributed by atoms with van der Waals surface area (Å²) in [4.78, 5) is 38.7. The van der Waals surface area contributed by atoms with E-state index in [1.165, 1.54) is 36.4 Å². The van der Waals surface area contributed by atoms with E-state index in [0.717, 1.165) is 0 Å². The van der Waals surface area contributed by atoms with Gasteiger partial charge in [0.05, 0.1) is 0 Å². The third kappa shape index (κ3) is 3.90. The van der Waals surface area contributed by atoms with E-state index in [4.69, 9.17) is 4.74 Å². The van der Waals surface area contributed by atoms with Crippen LogP contribution in [0.1, 0.15) is 5.56 Å². The molecule has 0 aliphatic carbocycles. The lowest BCUT2D eigenvalue weighted by Gasteiger charge is -2.34. The van der Waals surface area contributed by atoms with Gasteiger partial charge in [-0.15, -0.1) is 0 Å². The molecule has 0 aliphatic rings. The van der Waals surface area contributed by atoms with Crippen molar-refractivity contribution in [2.45, 2.75) is 11.5 Å². The number of para-hydroxylation sites is 1. The topological polar surface area (TPSA) is 124 Å². The first-order valence-corrected chi connectivity index (χ1v) is 9.77. The molecule has 2 aromatic carbocycles. The fraction of sp³-hybridized carbons (Fsp3) is 0.143. The van der Waals surface area contributed by atoms with Crippen LogP contribution in [0.15, 0.2) is 60.7 Å². The summed E-state index contributed by atoms with van der Waals surface area (Å²) in [6.45, 7) is 0. The molecule has 124 valence electrons. The van der Waals surface area contributed by atoms with Gasteiger partial charge in [0, 0.05) is 6.42 Å². The van der Waals surface area contributed by atoms with Gasteiger partial charge in [-0.05, 0) is 17.7 Å². The Morgan fingerprint density at radius 3 is 1.65 bits per heavy atom. The molecule has 0 saturated carbocycles. The molecule has 23 heavy (non-hydrogen) atoms. The molecule has 0 atom stereocenters. The fourth-order valence-corrected chi connectivity index (χ4v) is 4.65. The van der Waals surface area contributed by atoms with E-state index in [1.807, 2.05) is 0 Å². The minimum Gasteiger partial charge on any atom is -0.462 e. The van der Waals surface area contributed by atoms with Gasteiger partial charge in [-0.1, -0.05) is 48.5 Å². The standard InChI is InChI=1S/C14H16O7P2/c15-22(16,17)14(23(18,19)20,11-12-7-3-1-4-8-12)21-13-9-5-2-6-10-13/h1-10H,11H2,(H2,15,16,17)(H2,18,19,20). The van der Waals surface area contributed by atoms with Crippen LogP contribution in [0.5, 0.6) is 5.75 Å². The Kier molecular flexibility index (Phi) is 5.11. The molecule has 2 rings (SSSR count). The van der Waals surface area contributed by atoms with Gasteiger partial charge < -0.3 is 24.3 Å². The Morgan fingerprint density at radius 1 is 0.783 bits per heavy atom. The van der Waals surface area contributed by atoms with Gasteiger partial charge in [0.15, 0.2) is 0 Å². The average Bonchev–Trinajstić information content (AvgIpc) is 2.46. The Hall–Kier alpha value is -1.46. The molecule has 0 amide bonds. The van der Waals surface area contributed by atoms with Crippen molar-refractivity contribution in [2.75, 3.05) is 0 Å². The summed E-state index contributed by atoms with van der Waals surface area (Å²) >= 11 is 0. The van der Waals surface area contributed by atoms with Gasteiger partial charge >= 0.3 is 20.3 Å². The summed E-state index contributed by atoms with van der Waals surface area (Å²) in [7, 11) is -10.7. The smallest absolute Gasteiger partial charge is 0.381 e. The van der Waals surface area contributed by atoms with E-state index in [0.29, 0.717) is 5.56 Å². The molecule has 0 unspecified atom stereocenters. The lowest BCUT2D eigenvalue weighted by atomic mass is 10.1. The maximum Gasteiger partial charge on any atom is 0.381 e. The number of benzene rings is 2. The summed E-state index contributed by atoms with van der Waals surface area (Å²) in [6.07, 6.45) is -0.642. The Morgan fingerprint density at radius 2 is 1.22 bits per heavy atom. The van der Waals surface area contributed by atoms with E-state index >= 15 is 0 Å². The first-order valence-electron chi connectivity index (χ1n) is 6.55. The Bertz CT molecular complexity index is 671. The first-order chi connectivity index (χ1) is 10.7. The van der Waals surface area contributed by atoms with Gasteiger partial charge in [-0.2, -0.15) is 0 Å². The molecule has 0 fully saturated rings. The largest absolute Gasteiger partial charge is 0.462 e. The normalized spacial score (nSPS) is 12.9. The summed E-state index contributed by atoms with van der Waals surface area (Å²) < 4.78 is 29.2. The molecule has 0 bridgehead atoms. The van der Waals surface area contributed by atoms with E-state index in [1.54, 1.807) is 24.3 Å². The fourth-order valence-electron chi connectivity index (χ4n) is 2.07. The van der Waals surface area contributed by atoms with Crippen molar-refractivity contribution in [1.29, 1.82) is 0 Å². The van der Waals surface area contributed by atoms with Crippen LogP contribution in [0.4, 0.5) is 0 Å². The monoisotopic (exact) mass is 358 g/mol. The number of hydrogen-bond acceptors (Lipinski definition) is 3. The molecule has 0 aliphatic heterocycles. The van der Waals surface area contributed by atoms with Gasteiger partial charge in [0.1, 0.15) is 5.75 Å². The highest BCUT2D eigenvalue weighted by molar-refractivity contribution is 7.72. The van der Waals surface area contributed by atoms with Crippen LogP contribution in [0, 0.1) is 0 Å². The van der Waals surface area contributed by atoms with Crippen molar-refractivity contribution >= 4 is 15.2 Å². The van der Waals surface area contributed by atoms with Crippen LogP contribution in [0.2, 0.25) is 0 Å². The highest BCUT2D eigenvalue weighted by Gasteiger charge is 2.63. The maximum absolute atomic E-state index is 12.0. The predicted octanol–water partition coefficient (Wildman–Crippen LogP) is 2.32.